The summed E-state index contributed by atoms with van der Waals surface area (Å²) in [5.41, 5.74) is 2.22. The van der Waals surface area contributed by atoms with Gasteiger partial charge in [-0.15, -0.1) is 11.3 Å². The molecule has 0 spiro atoms. The molecule has 0 amide bonds. The maximum absolute atomic E-state index is 10.9. The van der Waals surface area contributed by atoms with Gasteiger partial charge in [0.2, 0.25) is 0 Å². The van der Waals surface area contributed by atoms with Crippen molar-refractivity contribution >= 4 is 23.1 Å². The van der Waals surface area contributed by atoms with Crippen LogP contribution in [0.2, 0.25) is 0 Å². The molecule has 0 atom stereocenters. The van der Waals surface area contributed by atoms with Gasteiger partial charge in [0.05, 0.1) is 18.1 Å². The van der Waals surface area contributed by atoms with E-state index in [1.807, 2.05) is 18.2 Å². The largest absolute Gasteiger partial charge is 0.476 e. The van der Waals surface area contributed by atoms with E-state index in [-0.39, 0.29) is 5.69 Å². The van der Waals surface area contributed by atoms with Crippen LogP contribution in [0.3, 0.4) is 0 Å². The van der Waals surface area contributed by atoms with E-state index in [2.05, 4.69) is 37.3 Å². The number of nitrogens with zero attached hydrogens (tertiary/aromatic N) is 5. The predicted molar refractivity (Wildman–Crippen MR) is 104 cm³/mol. The van der Waals surface area contributed by atoms with Gasteiger partial charge < -0.3 is 10.0 Å². The molecular weight excluding hydrogens is 362 g/mol. The van der Waals surface area contributed by atoms with Crippen molar-refractivity contribution in [1.82, 2.24) is 19.9 Å². The van der Waals surface area contributed by atoms with Gasteiger partial charge in [0.25, 0.3) is 0 Å². The summed E-state index contributed by atoms with van der Waals surface area (Å²) in [7, 11) is 0. The quantitative estimate of drug-likeness (QED) is 0.727. The number of benzene rings is 1. The van der Waals surface area contributed by atoms with Crippen LogP contribution in [-0.4, -0.2) is 57.1 Å². The molecule has 3 heterocycles. The maximum atomic E-state index is 10.9. The van der Waals surface area contributed by atoms with Crippen LogP contribution in [0.25, 0.3) is 10.6 Å². The van der Waals surface area contributed by atoms with Gasteiger partial charge in [-0.05, 0) is 0 Å². The minimum absolute atomic E-state index is 0.0323. The first kappa shape index (κ1) is 17.6. The highest BCUT2D eigenvalue weighted by atomic mass is 32.1. The van der Waals surface area contributed by atoms with E-state index in [9.17, 15) is 4.79 Å². The Morgan fingerprint density at radius 2 is 1.85 bits per heavy atom. The Kier molecular flexibility index (Phi) is 5.08. The number of aromatic carboxylic acids is 1. The highest BCUT2D eigenvalue weighted by Crippen LogP contribution is 2.24. The molecule has 138 valence electrons. The molecule has 27 heavy (non-hydrogen) atoms. The highest BCUT2D eigenvalue weighted by Gasteiger charge is 2.19. The Hall–Kier alpha value is -2.84. The average Bonchev–Trinajstić information content (AvgIpc) is 3.18. The topological polar surface area (TPSA) is 82.5 Å². The van der Waals surface area contributed by atoms with E-state index in [0.29, 0.717) is 0 Å². The predicted octanol–water partition coefficient (Wildman–Crippen LogP) is 2.62. The summed E-state index contributed by atoms with van der Waals surface area (Å²) in [6.07, 6.45) is 2.84. The Bertz CT molecular complexity index is 905. The molecule has 1 saturated heterocycles. The molecule has 4 rings (SSSR count). The van der Waals surface area contributed by atoms with Crippen molar-refractivity contribution < 1.29 is 9.90 Å². The van der Waals surface area contributed by atoms with Crippen molar-refractivity contribution in [3.63, 3.8) is 0 Å². The Morgan fingerprint density at radius 1 is 1.07 bits per heavy atom. The lowest BCUT2D eigenvalue weighted by atomic mass is 10.2. The maximum Gasteiger partial charge on any atom is 0.356 e. The lowest BCUT2D eigenvalue weighted by Gasteiger charge is -2.34. The lowest BCUT2D eigenvalue weighted by Crippen LogP contribution is -2.46. The Balaban J connectivity index is 1.33. The number of carboxylic acids is 1. The molecule has 1 N–H and O–H groups in total. The third kappa shape index (κ3) is 4.12. The molecule has 0 unspecified atom stereocenters. The standard InChI is InChI=1S/C19H19N5O2S/c25-19(26)16-10-21-17(11-20-16)24-8-6-23(7-9-24)12-15-13-27-18(22-15)14-4-2-1-3-5-14/h1-5,10-11,13H,6-9,12H2,(H,25,26). The Morgan fingerprint density at radius 3 is 2.52 bits per heavy atom. The van der Waals surface area contributed by atoms with Crippen molar-refractivity contribution in [3.05, 3.63) is 59.5 Å². The highest BCUT2D eigenvalue weighted by molar-refractivity contribution is 7.13. The van der Waals surface area contributed by atoms with Crippen molar-refractivity contribution in [2.45, 2.75) is 6.54 Å². The van der Waals surface area contributed by atoms with Gasteiger partial charge in [-0.25, -0.2) is 19.7 Å². The van der Waals surface area contributed by atoms with Crippen LogP contribution < -0.4 is 4.90 Å². The first-order valence-electron chi connectivity index (χ1n) is 8.71. The smallest absolute Gasteiger partial charge is 0.356 e. The number of piperazine rings is 1. The monoisotopic (exact) mass is 381 g/mol. The summed E-state index contributed by atoms with van der Waals surface area (Å²) in [4.78, 5) is 28.3. The molecule has 8 heteroatoms. The molecule has 0 aliphatic carbocycles. The van der Waals surface area contributed by atoms with Crippen LogP contribution in [-0.2, 0) is 6.54 Å². The van der Waals surface area contributed by atoms with Gasteiger partial charge in [-0.1, -0.05) is 30.3 Å². The van der Waals surface area contributed by atoms with Crippen LogP contribution in [0.15, 0.2) is 48.1 Å². The van der Waals surface area contributed by atoms with Gasteiger partial charge in [-0.3, -0.25) is 4.90 Å². The van der Waals surface area contributed by atoms with Gasteiger partial charge >= 0.3 is 5.97 Å². The molecule has 1 fully saturated rings. The van der Waals surface area contributed by atoms with Crippen LogP contribution in [0.5, 0.6) is 0 Å². The summed E-state index contributed by atoms with van der Waals surface area (Å²) in [5.74, 6) is -0.336. The third-order valence-corrected chi connectivity index (χ3v) is 5.45. The van der Waals surface area contributed by atoms with Gasteiger partial charge in [0.15, 0.2) is 5.69 Å². The molecule has 7 nitrogen and oxygen atoms in total. The van der Waals surface area contributed by atoms with Crippen molar-refractivity contribution in [2.75, 3.05) is 31.1 Å². The number of thiazole rings is 1. The molecule has 1 aliphatic rings. The van der Waals surface area contributed by atoms with Crippen LogP contribution in [0.4, 0.5) is 5.82 Å². The minimum atomic E-state index is -1.06. The molecule has 0 bridgehead atoms. The van der Waals surface area contributed by atoms with Crippen molar-refractivity contribution in [2.24, 2.45) is 0 Å². The van der Waals surface area contributed by atoms with Crippen LogP contribution in [0, 0.1) is 0 Å². The number of aromatic nitrogens is 3. The molecule has 1 aliphatic heterocycles. The summed E-state index contributed by atoms with van der Waals surface area (Å²) in [6, 6.07) is 10.2. The van der Waals surface area contributed by atoms with Gasteiger partial charge in [0, 0.05) is 43.7 Å². The fourth-order valence-electron chi connectivity index (χ4n) is 3.05. The number of rotatable bonds is 5. The zero-order valence-corrected chi connectivity index (χ0v) is 15.5. The number of anilines is 1. The second-order valence-electron chi connectivity index (χ2n) is 6.34. The minimum Gasteiger partial charge on any atom is -0.476 e. The summed E-state index contributed by atoms with van der Waals surface area (Å²) < 4.78 is 0. The second kappa shape index (κ2) is 7.81. The first-order chi connectivity index (χ1) is 13.2. The van der Waals surface area contributed by atoms with Gasteiger partial charge in [-0.2, -0.15) is 0 Å². The fourth-order valence-corrected chi connectivity index (χ4v) is 3.87. The van der Waals surface area contributed by atoms with E-state index in [4.69, 9.17) is 10.1 Å². The fraction of sp³-hybridized carbons (Fsp3) is 0.263. The van der Waals surface area contributed by atoms with E-state index >= 15 is 0 Å². The molecule has 2 aromatic heterocycles. The normalized spacial score (nSPS) is 15.0. The zero-order chi connectivity index (χ0) is 18.6. The van der Waals surface area contributed by atoms with Crippen molar-refractivity contribution in [3.8, 4) is 10.6 Å². The van der Waals surface area contributed by atoms with E-state index in [0.717, 1.165) is 54.8 Å². The SMILES string of the molecule is O=C(O)c1cnc(N2CCN(Cc3csc(-c4ccccc4)n3)CC2)cn1. The van der Waals surface area contributed by atoms with Crippen LogP contribution >= 0.6 is 11.3 Å². The molecule has 1 aromatic carbocycles. The van der Waals surface area contributed by atoms with E-state index in [1.165, 1.54) is 12.4 Å². The molecule has 3 aromatic rings. The van der Waals surface area contributed by atoms with Gasteiger partial charge in [0.1, 0.15) is 10.8 Å². The van der Waals surface area contributed by atoms with Crippen LogP contribution in [0.1, 0.15) is 16.2 Å². The summed E-state index contributed by atoms with van der Waals surface area (Å²) >= 11 is 1.68. The zero-order valence-electron chi connectivity index (χ0n) is 14.7. The van der Waals surface area contributed by atoms with E-state index < -0.39 is 5.97 Å². The first-order valence-corrected chi connectivity index (χ1v) is 9.59. The third-order valence-electron chi connectivity index (χ3n) is 4.51. The number of carboxylic acid groups (broad SMARTS) is 1. The van der Waals surface area contributed by atoms with E-state index in [1.54, 1.807) is 11.3 Å². The second-order valence-corrected chi connectivity index (χ2v) is 7.20. The lowest BCUT2D eigenvalue weighted by molar-refractivity contribution is 0.0690. The number of hydrogen-bond donors (Lipinski definition) is 1. The average molecular weight is 381 g/mol. The Labute approximate surface area is 161 Å². The summed E-state index contributed by atoms with van der Waals surface area (Å²) in [5, 5.41) is 12.1. The number of carbonyl (C=O) groups is 1. The number of hydrogen-bond acceptors (Lipinski definition) is 7. The molecule has 0 saturated carbocycles. The summed E-state index contributed by atoms with van der Waals surface area (Å²) in [6.45, 7) is 4.30. The van der Waals surface area contributed by atoms with Crippen molar-refractivity contribution in [1.29, 1.82) is 0 Å². The molecular formula is C19H19N5O2S. The molecule has 0 radical (unpaired) electrons.